The van der Waals surface area contributed by atoms with Gasteiger partial charge in [-0.2, -0.15) is 0 Å². The molecule has 5 heteroatoms. The van der Waals surface area contributed by atoms with Crippen molar-refractivity contribution in [2.45, 2.75) is 25.3 Å². The molecule has 0 spiro atoms. The molecule has 21 heavy (non-hydrogen) atoms. The lowest BCUT2D eigenvalue weighted by Crippen LogP contribution is -2.17. The van der Waals surface area contributed by atoms with Crippen LogP contribution in [0, 0.1) is 10.1 Å². The molecule has 2 aromatic rings. The molecule has 1 N–H and O–H groups in total. The lowest BCUT2D eigenvalue weighted by Gasteiger charge is -2.27. The van der Waals surface area contributed by atoms with Gasteiger partial charge in [0.15, 0.2) is 0 Å². The van der Waals surface area contributed by atoms with E-state index >= 15 is 0 Å². The number of hydrogen-bond donors (Lipinski definition) is 1. The molecule has 0 aliphatic heterocycles. The van der Waals surface area contributed by atoms with Gasteiger partial charge < -0.3 is 5.32 Å². The fourth-order valence-electron chi connectivity index (χ4n) is 2.87. The predicted molar refractivity (Wildman–Crippen MR) is 83.9 cm³/mol. The molecule has 2 aromatic carbocycles. The second-order valence-corrected chi connectivity index (χ2v) is 5.64. The van der Waals surface area contributed by atoms with Crippen LogP contribution in [0.15, 0.2) is 42.5 Å². The highest BCUT2D eigenvalue weighted by molar-refractivity contribution is 6.30. The maximum absolute atomic E-state index is 11.2. The number of nitro groups is 1. The molecule has 0 amide bonds. The topological polar surface area (TPSA) is 55.2 Å². The van der Waals surface area contributed by atoms with Crippen LogP contribution in [0.4, 0.5) is 11.4 Å². The Morgan fingerprint density at radius 3 is 2.86 bits per heavy atom. The molecule has 1 atom stereocenters. The van der Waals surface area contributed by atoms with Gasteiger partial charge in [-0.3, -0.25) is 10.1 Å². The van der Waals surface area contributed by atoms with Gasteiger partial charge in [-0.05, 0) is 42.5 Å². The SMILES string of the molecule is O=[N+]([O-])c1cc(Cl)ccc1NC1CCCc2ccccc21. The van der Waals surface area contributed by atoms with Crippen molar-refractivity contribution in [3.63, 3.8) is 0 Å². The zero-order valence-electron chi connectivity index (χ0n) is 11.4. The van der Waals surface area contributed by atoms with E-state index in [-0.39, 0.29) is 11.7 Å². The molecule has 0 heterocycles. The first-order chi connectivity index (χ1) is 10.1. The van der Waals surface area contributed by atoms with Crippen LogP contribution >= 0.6 is 11.6 Å². The summed E-state index contributed by atoms with van der Waals surface area (Å²) in [5.41, 5.74) is 3.09. The van der Waals surface area contributed by atoms with E-state index in [1.807, 2.05) is 12.1 Å². The maximum Gasteiger partial charge on any atom is 0.293 e. The number of nitrogens with one attached hydrogen (secondary N) is 1. The van der Waals surface area contributed by atoms with Crippen molar-refractivity contribution in [3.8, 4) is 0 Å². The summed E-state index contributed by atoms with van der Waals surface area (Å²) in [5.74, 6) is 0. The van der Waals surface area contributed by atoms with Crippen LogP contribution in [0.5, 0.6) is 0 Å². The van der Waals surface area contributed by atoms with Gasteiger partial charge in [-0.1, -0.05) is 35.9 Å². The fraction of sp³-hybridized carbons (Fsp3) is 0.250. The molecule has 4 nitrogen and oxygen atoms in total. The van der Waals surface area contributed by atoms with Crippen molar-refractivity contribution in [1.29, 1.82) is 0 Å². The normalized spacial score (nSPS) is 17.1. The summed E-state index contributed by atoms with van der Waals surface area (Å²) in [4.78, 5) is 10.8. The number of benzene rings is 2. The highest BCUT2D eigenvalue weighted by Gasteiger charge is 2.23. The summed E-state index contributed by atoms with van der Waals surface area (Å²) in [6.07, 6.45) is 3.12. The molecule has 1 aliphatic rings. The Bertz CT molecular complexity index is 688. The number of hydrogen-bond acceptors (Lipinski definition) is 3. The minimum absolute atomic E-state index is 0.0190. The maximum atomic E-state index is 11.2. The van der Waals surface area contributed by atoms with E-state index in [2.05, 4.69) is 17.4 Å². The molecule has 0 aromatic heterocycles. The minimum atomic E-state index is -0.400. The highest BCUT2D eigenvalue weighted by Crippen LogP contribution is 2.36. The molecule has 0 fully saturated rings. The van der Waals surface area contributed by atoms with Gasteiger partial charge in [0.1, 0.15) is 5.69 Å². The molecule has 0 radical (unpaired) electrons. The monoisotopic (exact) mass is 302 g/mol. The van der Waals surface area contributed by atoms with Gasteiger partial charge in [0.2, 0.25) is 0 Å². The molecule has 0 saturated heterocycles. The van der Waals surface area contributed by atoms with Gasteiger partial charge >= 0.3 is 0 Å². The average Bonchev–Trinajstić information content (AvgIpc) is 2.49. The summed E-state index contributed by atoms with van der Waals surface area (Å²) < 4.78 is 0. The Morgan fingerprint density at radius 1 is 1.24 bits per heavy atom. The van der Waals surface area contributed by atoms with Crippen LogP contribution in [-0.4, -0.2) is 4.92 Å². The smallest absolute Gasteiger partial charge is 0.293 e. The van der Waals surface area contributed by atoms with Crippen LogP contribution in [0.25, 0.3) is 0 Å². The third-order valence-corrected chi connectivity index (χ3v) is 4.09. The quantitative estimate of drug-likeness (QED) is 0.658. The number of nitrogens with zero attached hydrogens (tertiary/aromatic N) is 1. The van der Waals surface area contributed by atoms with Crippen LogP contribution < -0.4 is 5.32 Å². The van der Waals surface area contributed by atoms with E-state index < -0.39 is 4.92 Å². The lowest BCUT2D eigenvalue weighted by atomic mass is 9.87. The molecule has 108 valence electrons. The zero-order valence-corrected chi connectivity index (χ0v) is 12.1. The first-order valence-corrected chi connectivity index (χ1v) is 7.31. The number of anilines is 1. The van der Waals surface area contributed by atoms with Crippen molar-refractivity contribution < 1.29 is 4.92 Å². The Hall–Kier alpha value is -2.07. The Balaban J connectivity index is 1.93. The predicted octanol–water partition coefficient (Wildman–Crippen LogP) is 4.74. The third kappa shape index (κ3) is 2.85. The van der Waals surface area contributed by atoms with E-state index in [0.29, 0.717) is 10.7 Å². The number of halogens is 1. The van der Waals surface area contributed by atoms with E-state index in [9.17, 15) is 10.1 Å². The number of aryl methyl sites for hydroxylation is 1. The summed E-state index contributed by atoms with van der Waals surface area (Å²) in [6.45, 7) is 0. The van der Waals surface area contributed by atoms with Gasteiger partial charge in [-0.25, -0.2) is 0 Å². The highest BCUT2D eigenvalue weighted by atomic mass is 35.5. The van der Waals surface area contributed by atoms with Gasteiger partial charge in [0.05, 0.1) is 11.0 Å². The standard InChI is InChI=1S/C16H15ClN2O2/c17-12-8-9-15(16(10-12)19(20)21)18-14-7-3-5-11-4-1-2-6-13(11)14/h1-2,4,6,8-10,14,18H,3,5,7H2. The minimum Gasteiger partial charge on any atom is -0.373 e. The second-order valence-electron chi connectivity index (χ2n) is 5.21. The van der Waals surface area contributed by atoms with Gasteiger partial charge in [-0.15, -0.1) is 0 Å². The summed E-state index contributed by atoms with van der Waals surface area (Å²) in [6, 6.07) is 13.1. The zero-order chi connectivity index (χ0) is 14.8. The Morgan fingerprint density at radius 2 is 2.05 bits per heavy atom. The number of nitro benzene ring substituents is 1. The van der Waals surface area contributed by atoms with Crippen molar-refractivity contribution >= 4 is 23.0 Å². The summed E-state index contributed by atoms with van der Waals surface area (Å²) in [7, 11) is 0. The molecule has 1 aliphatic carbocycles. The van der Waals surface area contributed by atoms with Crippen molar-refractivity contribution in [2.24, 2.45) is 0 Å². The molecule has 0 saturated carbocycles. The third-order valence-electron chi connectivity index (χ3n) is 3.86. The lowest BCUT2D eigenvalue weighted by molar-refractivity contribution is -0.384. The fourth-order valence-corrected chi connectivity index (χ4v) is 3.04. The molecular weight excluding hydrogens is 288 g/mol. The first kappa shape index (κ1) is 13.9. The van der Waals surface area contributed by atoms with E-state index in [0.717, 1.165) is 19.3 Å². The van der Waals surface area contributed by atoms with Crippen LogP contribution in [0.3, 0.4) is 0 Å². The van der Waals surface area contributed by atoms with Crippen molar-refractivity contribution in [2.75, 3.05) is 5.32 Å². The Kier molecular flexibility index (Phi) is 3.80. The molecule has 3 rings (SSSR count). The van der Waals surface area contributed by atoms with Crippen molar-refractivity contribution in [3.05, 3.63) is 68.7 Å². The van der Waals surface area contributed by atoms with E-state index in [1.165, 1.54) is 17.2 Å². The summed E-state index contributed by atoms with van der Waals surface area (Å²) in [5, 5.41) is 14.9. The van der Waals surface area contributed by atoms with Crippen LogP contribution in [-0.2, 0) is 6.42 Å². The molecule has 1 unspecified atom stereocenters. The molecular formula is C16H15ClN2O2. The van der Waals surface area contributed by atoms with Crippen LogP contribution in [0.2, 0.25) is 5.02 Å². The number of rotatable bonds is 3. The first-order valence-electron chi connectivity index (χ1n) is 6.93. The van der Waals surface area contributed by atoms with E-state index in [4.69, 9.17) is 11.6 Å². The average molecular weight is 303 g/mol. The second kappa shape index (κ2) is 5.74. The van der Waals surface area contributed by atoms with E-state index in [1.54, 1.807) is 12.1 Å². The molecule has 0 bridgehead atoms. The summed E-state index contributed by atoms with van der Waals surface area (Å²) >= 11 is 5.85. The van der Waals surface area contributed by atoms with Gasteiger partial charge in [0, 0.05) is 11.1 Å². The largest absolute Gasteiger partial charge is 0.373 e. The van der Waals surface area contributed by atoms with Crippen LogP contribution in [0.1, 0.15) is 30.0 Å². The van der Waals surface area contributed by atoms with Crippen molar-refractivity contribution in [1.82, 2.24) is 0 Å². The number of fused-ring (bicyclic) bond motifs is 1. The van der Waals surface area contributed by atoms with Gasteiger partial charge in [0.25, 0.3) is 5.69 Å². The Labute approximate surface area is 127 Å².